The van der Waals surface area contributed by atoms with Crippen molar-refractivity contribution in [3.05, 3.63) is 81.7 Å². The lowest BCUT2D eigenvalue weighted by Crippen LogP contribution is -2.22. The van der Waals surface area contributed by atoms with Gasteiger partial charge in [-0.1, -0.05) is 68.0 Å². The predicted molar refractivity (Wildman–Crippen MR) is 130 cm³/mol. The minimum absolute atomic E-state index is 0.510. The summed E-state index contributed by atoms with van der Waals surface area (Å²) in [5, 5.41) is 4.76. The molecule has 0 bridgehead atoms. The molecule has 0 heterocycles. The molecule has 0 fully saturated rings. The summed E-state index contributed by atoms with van der Waals surface area (Å²) in [7, 11) is -0.510. The molecular weight excluding hydrogens is 355 g/mol. The zero-order valence-electron chi connectivity index (χ0n) is 18.9. The average molecular weight is 393 g/mol. The van der Waals surface area contributed by atoms with Crippen LogP contribution in [0.1, 0.15) is 68.7 Å². The molecule has 2 rings (SSSR count). The summed E-state index contributed by atoms with van der Waals surface area (Å²) in [6, 6.07) is 13.6. The van der Waals surface area contributed by atoms with E-state index in [1.165, 1.54) is 27.8 Å². The van der Waals surface area contributed by atoms with Gasteiger partial charge < -0.3 is 0 Å². The van der Waals surface area contributed by atoms with Crippen molar-refractivity contribution in [1.82, 2.24) is 0 Å². The van der Waals surface area contributed by atoms with E-state index in [1.807, 2.05) is 0 Å². The molecule has 150 valence electrons. The molecule has 0 atom stereocenters. The Morgan fingerprint density at radius 2 is 1.14 bits per heavy atom. The van der Waals surface area contributed by atoms with Crippen molar-refractivity contribution < 1.29 is 0 Å². The van der Waals surface area contributed by atoms with Crippen LogP contribution in [0.25, 0.3) is 0 Å². The standard InChI is InChI=1S/C27H37P/c1-8-12-20(3)18-19-25(13-9-2)28(26-21(4)14-10-15-22(26)5)27-23(6)16-11-17-24(27)7/h10-17H,8-9,18-19H2,1-7H3/b20-12-,25-13+. The smallest absolute Gasteiger partial charge is 0.00955 e. The second-order valence-corrected chi connectivity index (χ2v) is 10.0. The third-order valence-corrected chi connectivity index (χ3v) is 8.67. The zero-order valence-corrected chi connectivity index (χ0v) is 19.8. The van der Waals surface area contributed by atoms with Crippen molar-refractivity contribution in [2.24, 2.45) is 0 Å². The van der Waals surface area contributed by atoms with Gasteiger partial charge in [-0.25, -0.2) is 0 Å². The Labute approximate surface area is 174 Å². The molecule has 0 aliphatic carbocycles. The third-order valence-electron chi connectivity index (χ3n) is 5.38. The highest BCUT2D eigenvalue weighted by molar-refractivity contribution is 7.77. The molecule has 28 heavy (non-hydrogen) atoms. The molecule has 0 N–H and O–H groups in total. The van der Waals surface area contributed by atoms with Gasteiger partial charge >= 0.3 is 0 Å². The molecule has 2 aromatic rings. The van der Waals surface area contributed by atoms with Gasteiger partial charge in [0, 0.05) is 0 Å². The first-order chi connectivity index (χ1) is 13.4. The zero-order chi connectivity index (χ0) is 20.7. The maximum Gasteiger partial charge on any atom is -0.00955 e. The van der Waals surface area contributed by atoms with Crippen LogP contribution < -0.4 is 10.6 Å². The van der Waals surface area contributed by atoms with E-state index in [-0.39, 0.29) is 0 Å². The Morgan fingerprint density at radius 3 is 1.54 bits per heavy atom. The number of allylic oxidation sites excluding steroid dienone is 4. The normalized spacial score (nSPS) is 12.7. The summed E-state index contributed by atoms with van der Waals surface area (Å²) < 4.78 is 0. The lowest BCUT2D eigenvalue weighted by atomic mass is 10.1. The minimum atomic E-state index is -0.510. The minimum Gasteiger partial charge on any atom is -0.0859 e. The molecule has 0 unspecified atom stereocenters. The highest BCUT2D eigenvalue weighted by Gasteiger charge is 2.24. The molecule has 2 aromatic carbocycles. The van der Waals surface area contributed by atoms with E-state index in [2.05, 4.69) is 97.0 Å². The first-order valence-corrected chi connectivity index (χ1v) is 12.0. The van der Waals surface area contributed by atoms with Crippen LogP contribution in [0.4, 0.5) is 0 Å². The Bertz CT molecular complexity index is 763. The maximum absolute atomic E-state index is 2.52. The van der Waals surface area contributed by atoms with Crippen LogP contribution in [0.15, 0.2) is 59.4 Å². The highest BCUT2D eigenvalue weighted by Crippen LogP contribution is 2.48. The van der Waals surface area contributed by atoms with Gasteiger partial charge in [-0.15, -0.1) is 0 Å². The number of benzene rings is 2. The summed E-state index contributed by atoms with van der Waals surface area (Å²) in [5.41, 5.74) is 7.23. The van der Waals surface area contributed by atoms with Crippen LogP contribution in [0.3, 0.4) is 0 Å². The topological polar surface area (TPSA) is 0 Å². The van der Waals surface area contributed by atoms with Gasteiger partial charge in [0.1, 0.15) is 0 Å². The predicted octanol–water partition coefficient (Wildman–Crippen LogP) is 7.78. The van der Waals surface area contributed by atoms with Crippen molar-refractivity contribution in [3.8, 4) is 0 Å². The van der Waals surface area contributed by atoms with Crippen LogP contribution in [-0.4, -0.2) is 0 Å². The van der Waals surface area contributed by atoms with E-state index < -0.39 is 7.92 Å². The fourth-order valence-electron chi connectivity index (χ4n) is 4.03. The Balaban J connectivity index is 2.66. The molecule has 0 amide bonds. The molecule has 1 heteroatoms. The highest BCUT2D eigenvalue weighted by atomic mass is 31.1. The molecule has 0 spiro atoms. The van der Waals surface area contributed by atoms with Crippen molar-refractivity contribution >= 4 is 18.5 Å². The summed E-state index contributed by atoms with van der Waals surface area (Å²) >= 11 is 0. The summed E-state index contributed by atoms with van der Waals surface area (Å²) in [5.74, 6) is 0. The number of aryl methyl sites for hydroxylation is 4. The van der Waals surface area contributed by atoms with Gasteiger partial charge in [-0.05, 0) is 106 Å². The molecule has 0 aliphatic heterocycles. The van der Waals surface area contributed by atoms with Crippen LogP contribution in [-0.2, 0) is 0 Å². The van der Waals surface area contributed by atoms with Gasteiger partial charge in [0.25, 0.3) is 0 Å². The van der Waals surface area contributed by atoms with E-state index in [0.717, 1.165) is 25.7 Å². The number of hydrogen-bond donors (Lipinski definition) is 0. The molecule has 0 aliphatic rings. The van der Waals surface area contributed by atoms with Gasteiger partial charge in [-0.2, -0.15) is 0 Å². The molecular formula is C27H37P. The van der Waals surface area contributed by atoms with Crippen molar-refractivity contribution in [3.63, 3.8) is 0 Å². The quantitative estimate of drug-likeness (QED) is 0.318. The Morgan fingerprint density at radius 1 is 0.714 bits per heavy atom. The van der Waals surface area contributed by atoms with Gasteiger partial charge in [-0.3, -0.25) is 0 Å². The summed E-state index contributed by atoms with van der Waals surface area (Å²) in [6.45, 7) is 15.9. The molecule has 0 saturated carbocycles. The third kappa shape index (κ3) is 5.45. The summed E-state index contributed by atoms with van der Waals surface area (Å²) in [4.78, 5) is 0. The van der Waals surface area contributed by atoms with E-state index in [0.29, 0.717) is 0 Å². The SMILES string of the molecule is CC/C=C(/C)CC/C(=C\CC)P(c1c(C)cccc1C)c1c(C)cccc1C. The van der Waals surface area contributed by atoms with Crippen LogP contribution >= 0.6 is 7.92 Å². The van der Waals surface area contributed by atoms with E-state index in [1.54, 1.807) is 15.9 Å². The van der Waals surface area contributed by atoms with E-state index in [4.69, 9.17) is 0 Å². The number of rotatable bonds is 8. The first kappa shape index (κ1) is 22.6. The fourth-order valence-corrected chi connectivity index (χ4v) is 7.24. The first-order valence-electron chi connectivity index (χ1n) is 10.7. The lowest BCUT2D eigenvalue weighted by molar-refractivity contribution is 0.943. The van der Waals surface area contributed by atoms with Crippen LogP contribution in [0.5, 0.6) is 0 Å². The van der Waals surface area contributed by atoms with E-state index >= 15 is 0 Å². The second kappa shape index (κ2) is 10.8. The average Bonchev–Trinajstić information content (AvgIpc) is 2.64. The fraction of sp³-hybridized carbons (Fsp3) is 0.407. The molecule has 0 radical (unpaired) electrons. The van der Waals surface area contributed by atoms with Gasteiger partial charge in [0.15, 0.2) is 0 Å². The maximum atomic E-state index is 2.52. The van der Waals surface area contributed by atoms with Crippen molar-refractivity contribution in [2.75, 3.05) is 0 Å². The monoisotopic (exact) mass is 392 g/mol. The van der Waals surface area contributed by atoms with Crippen LogP contribution in [0.2, 0.25) is 0 Å². The largest absolute Gasteiger partial charge is 0.0859 e. The van der Waals surface area contributed by atoms with Gasteiger partial charge in [0.2, 0.25) is 0 Å². The molecule has 0 aromatic heterocycles. The number of hydrogen-bond acceptors (Lipinski definition) is 0. The lowest BCUT2D eigenvalue weighted by Gasteiger charge is -2.29. The summed E-state index contributed by atoms with van der Waals surface area (Å²) in [6.07, 6.45) is 9.44. The van der Waals surface area contributed by atoms with Crippen molar-refractivity contribution in [1.29, 1.82) is 0 Å². The molecule has 0 saturated heterocycles. The van der Waals surface area contributed by atoms with E-state index in [9.17, 15) is 0 Å². The van der Waals surface area contributed by atoms with Gasteiger partial charge in [0.05, 0.1) is 0 Å². The van der Waals surface area contributed by atoms with Crippen LogP contribution in [0, 0.1) is 27.7 Å². The Hall–Kier alpha value is -1.65. The molecule has 0 nitrogen and oxygen atoms in total. The van der Waals surface area contributed by atoms with Crippen molar-refractivity contribution in [2.45, 2.75) is 74.1 Å². The Kier molecular flexibility index (Phi) is 8.71. The second-order valence-electron chi connectivity index (χ2n) is 7.88.